The fourth-order valence-electron chi connectivity index (χ4n) is 1.82. The monoisotopic (exact) mass is 364 g/mol. The van der Waals surface area contributed by atoms with Crippen LogP contribution in [0.3, 0.4) is 0 Å². The van der Waals surface area contributed by atoms with E-state index in [0.717, 1.165) is 11.8 Å². The van der Waals surface area contributed by atoms with Crippen molar-refractivity contribution in [2.24, 2.45) is 5.92 Å². The summed E-state index contributed by atoms with van der Waals surface area (Å²) < 4.78 is 68.2. The maximum Gasteiger partial charge on any atom is 0.319 e. The number of carbonyl (C=O) groups excluding carboxylic acids is 1. The minimum Gasteiger partial charge on any atom is -0.462 e. The van der Waals surface area contributed by atoms with Crippen LogP contribution in [0, 0.1) is 5.92 Å². The van der Waals surface area contributed by atoms with E-state index in [1.807, 2.05) is 13.8 Å². The summed E-state index contributed by atoms with van der Waals surface area (Å²) in [6.07, 6.45) is -8.04. The number of thioether (sulfide) groups is 1. The topological polar surface area (TPSA) is 26.3 Å². The molecule has 0 aliphatic carbocycles. The molecule has 0 amide bonds. The fraction of sp³-hybridized carbons (Fsp3) is 0.933. The zero-order valence-corrected chi connectivity index (χ0v) is 14.6. The van der Waals surface area contributed by atoms with Gasteiger partial charge in [0.05, 0.1) is 6.10 Å². The Balaban J connectivity index is 4.39. The van der Waals surface area contributed by atoms with Gasteiger partial charge in [-0.1, -0.05) is 13.8 Å². The lowest BCUT2D eigenvalue weighted by atomic mass is 10.1. The Bertz CT molecular complexity index is 351. The molecule has 0 spiro atoms. The van der Waals surface area contributed by atoms with Gasteiger partial charge in [0, 0.05) is 6.42 Å². The molecule has 0 aromatic heterocycles. The summed E-state index contributed by atoms with van der Waals surface area (Å²) in [7, 11) is 0. The third-order valence-electron chi connectivity index (χ3n) is 2.90. The van der Waals surface area contributed by atoms with Gasteiger partial charge in [0.1, 0.15) is 5.25 Å². The molecule has 0 heterocycles. The number of esters is 1. The van der Waals surface area contributed by atoms with Crippen molar-refractivity contribution in [1.82, 2.24) is 0 Å². The molecule has 0 aromatic rings. The number of halogens is 5. The Labute approximate surface area is 138 Å². The number of carbonyl (C=O) groups is 1. The van der Waals surface area contributed by atoms with Crippen molar-refractivity contribution in [2.75, 3.05) is 5.75 Å². The molecular formula is C15H25F5O2S. The standard InChI is InChI=1S/C15H25F5O2S/c1-9(2)8-11(14(21)22-10(3)4)23-7-5-6-15(19,20)12(16)13(17)18/h9-13H,5-8H2,1-4H3. The van der Waals surface area contributed by atoms with Gasteiger partial charge in [-0.2, -0.15) is 0 Å². The molecule has 138 valence electrons. The molecule has 0 aromatic carbocycles. The van der Waals surface area contributed by atoms with Crippen LogP contribution in [0.2, 0.25) is 0 Å². The van der Waals surface area contributed by atoms with Gasteiger partial charge >= 0.3 is 5.97 Å². The van der Waals surface area contributed by atoms with Crippen molar-refractivity contribution < 1.29 is 31.5 Å². The average Bonchev–Trinajstić information content (AvgIpc) is 2.39. The van der Waals surface area contributed by atoms with Crippen LogP contribution in [0.4, 0.5) is 22.0 Å². The van der Waals surface area contributed by atoms with E-state index in [1.165, 1.54) is 0 Å². The van der Waals surface area contributed by atoms with Crippen molar-refractivity contribution >= 4 is 17.7 Å². The van der Waals surface area contributed by atoms with Crippen LogP contribution in [-0.2, 0) is 9.53 Å². The number of ether oxygens (including phenoxy) is 1. The van der Waals surface area contributed by atoms with Gasteiger partial charge in [-0.3, -0.25) is 4.79 Å². The normalized spacial score (nSPS) is 15.3. The van der Waals surface area contributed by atoms with E-state index in [2.05, 4.69) is 0 Å². The first-order valence-electron chi connectivity index (χ1n) is 7.59. The third-order valence-corrected chi connectivity index (χ3v) is 4.21. The molecule has 2 nitrogen and oxygen atoms in total. The van der Waals surface area contributed by atoms with Crippen LogP contribution in [0.5, 0.6) is 0 Å². The molecule has 0 bridgehead atoms. The summed E-state index contributed by atoms with van der Waals surface area (Å²) in [5, 5.41) is -0.498. The highest BCUT2D eigenvalue weighted by molar-refractivity contribution is 8.00. The van der Waals surface area contributed by atoms with E-state index >= 15 is 0 Å². The molecular weight excluding hydrogens is 339 g/mol. The van der Waals surface area contributed by atoms with Gasteiger partial charge in [0.15, 0.2) is 0 Å². The van der Waals surface area contributed by atoms with Crippen molar-refractivity contribution in [2.45, 2.75) is 76.8 Å². The van der Waals surface area contributed by atoms with Gasteiger partial charge in [-0.15, -0.1) is 11.8 Å². The lowest BCUT2D eigenvalue weighted by molar-refractivity contribution is -0.147. The predicted molar refractivity (Wildman–Crippen MR) is 82.0 cm³/mol. The van der Waals surface area contributed by atoms with Gasteiger partial charge in [-0.05, 0) is 38.4 Å². The highest BCUT2D eigenvalue weighted by atomic mass is 32.2. The van der Waals surface area contributed by atoms with Crippen LogP contribution < -0.4 is 0 Å². The molecule has 0 rings (SSSR count). The van der Waals surface area contributed by atoms with Crippen LogP contribution in [0.15, 0.2) is 0 Å². The fourth-order valence-corrected chi connectivity index (χ4v) is 3.13. The number of rotatable bonds is 11. The van der Waals surface area contributed by atoms with Crippen molar-refractivity contribution in [3.05, 3.63) is 0 Å². The first-order chi connectivity index (χ1) is 10.5. The summed E-state index contributed by atoms with van der Waals surface area (Å²) in [6, 6.07) is 0. The smallest absolute Gasteiger partial charge is 0.319 e. The molecule has 0 aliphatic heterocycles. The van der Waals surface area contributed by atoms with Crippen LogP contribution in [0.1, 0.15) is 47.0 Å². The second-order valence-electron chi connectivity index (χ2n) is 6.08. The molecule has 2 unspecified atom stereocenters. The summed E-state index contributed by atoms with van der Waals surface area (Å²) in [5.41, 5.74) is 0. The maximum atomic E-state index is 13.2. The largest absolute Gasteiger partial charge is 0.462 e. The van der Waals surface area contributed by atoms with Crippen LogP contribution in [0.25, 0.3) is 0 Å². The van der Waals surface area contributed by atoms with E-state index in [0.29, 0.717) is 6.42 Å². The summed E-state index contributed by atoms with van der Waals surface area (Å²) in [5.74, 6) is -4.11. The van der Waals surface area contributed by atoms with E-state index in [1.54, 1.807) is 13.8 Å². The van der Waals surface area contributed by atoms with Crippen molar-refractivity contribution in [1.29, 1.82) is 0 Å². The molecule has 0 N–H and O–H groups in total. The van der Waals surface area contributed by atoms with Gasteiger partial charge in [0.25, 0.3) is 12.3 Å². The average molecular weight is 364 g/mol. The molecule has 23 heavy (non-hydrogen) atoms. The molecule has 2 atom stereocenters. The van der Waals surface area contributed by atoms with E-state index in [4.69, 9.17) is 4.74 Å². The summed E-state index contributed by atoms with van der Waals surface area (Å²) in [4.78, 5) is 11.9. The lowest BCUT2D eigenvalue weighted by Crippen LogP contribution is -2.35. The SMILES string of the molecule is CC(C)CC(SCCCC(F)(F)C(F)C(F)F)C(=O)OC(C)C. The minimum absolute atomic E-state index is 0.149. The molecule has 0 saturated heterocycles. The summed E-state index contributed by atoms with van der Waals surface area (Å²) >= 11 is 1.14. The Morgan fingerprint density at radius 1 is 1.13 bits per heavy atom. The zero-order chi connectivity index (χ0) is 18.2. The Morgan fingerprint density at radius 3 is 2.13 bits per heavy atom. The van der Waals surface area contributed by atoms with Crippen LogP contribution in [-0.4, -0.2) is 41.6 Å². The second kappa shape index (κ2) is 10.4. The molecule has 0 fully saturated rings. The Hall–Kier alpha value is -0.530. The Kier molecular flexibility index (Phi) is 10.1. The quantitative estimate of drug-likeness (QED) is 0.290. The highest BCUT2D eigenvalue weighted by Gasteiger charge is 2.45. The highest BCUT2D eigenvalue weighted by Crippen LogP contribution is 2.32. The van der Waals surface area contributed by atoms with Gasteiger partial charge in [-0.25, -0.2) is 22.0 Å². The maximum absolute atomic E-state index is 13.2. The third kappa shape index (κ3) is 9.37. The van der Waals surface area contributed by atoms with Gasteiger partial charge < -0.3 is 4.74 Å². The second-order valence-corrected chi connectivity index (χ2v) is 7.39. The van der Waals surface area contributed by atoms with Crippen LogP contribution >= 0.6 is 11.8 Å². The van der Waals surface area contributed by atoms with Crippen molar-refractivity contribution in [3.8, 4) is 0 Å². The molecule has 8 heteroatoms. The predicted octanol–water partition coefficient (Wildman–Crippen LogP) is 5.10. The van der Waals surface area contributed by atoms with E-state index < -0.39 is 36.2 Å². The first-order valence-corrected chi connectivity index (χ1v) is 8.64. The van der Waals surface area contributed by atoms with Crippen molar-refractivity contribution in [3.63, 3.8) is 0 Å². The molecule has 0 radical (unpaired) electrons. The van der Waals surface area contributed by atoms with E-state index in [-0.39, 0.29) is 24.2 Å². The zero-order valence-electron chi connectivity index (χ0n) is 13.8. The molecule has 0 aliphatic rings. The van der Waals surface area contributed by atoms with E-state index in [9.17, 15) is 26.7 Å². The minimum atomic E-state index is -4.05. The number of alkyl halides is 5. The van der Waals surface area contributed by atoms with Gasteiger partial charge in [0.2, 0.25) is 6.17 Å². The first kappa shape index (κ1) is 22.5. The molecule has 0 saturated carbocycles. The Morgan fingerprint density at radius 2 is 1.70 bits per heavy atom. The summed E-state index contributed by atoms with van der Waals surface area (Å²) in [6.45, 7) is 7.25. The lowest BCUT2D eigenvalue weighted by Gasteiger charge is -2.21. The number of hydrogen-bond donors (Lipinski definition) is 0. The number of hydrogen-bond acceptors (Lipinski definition) is 3.